The van der Waals surface area contributed by atoms with Crippen LogP contribution in [-0.4, -0.2) is 9.91 Å². The zero-order chi connectivity index (χ0) is 13.4. The molecule has 0 saturated heterocycles. The maximum atomic E-state index is 12.3. The van der Waals surface area contributed by atoms with E-state index in [-0.39, 0.29) is 6.07 Å². The highest BCUT2D eigenvalue weighted by atomic mass is 35.5. The molecule has 0 aliphatic rings. The van der Waals surface area contributed by atoms with Gasteiger partial charge in [-0.05, 0) is 27.6 Å². The number of halogens is 6. The second kappa shape index (κ2) is 4.40. The molecule has 10 heteroatoms. The first-order chi connectivity index (χ1) is 7.64. The number of nitrogens with zero attached hydrogens (tertiary/aromatic N) is 2. The van der Waals surface area contributed by atoms with Crippen LogP contribution in [0.5, 0.6) is 0 Å². The van der Waals surface area contributed by atoms with E-state index in [4.69, 9.17) is 11.6 Å². The van der Waals surface area contributed by atoms with Gasteiger partial charge < -0.3 is 10.1 Å². The molecule has 0 amide bonds. The predicted molar refractivity (Wildman–Crippen MR) is 45.9 cm³/mol. The van der Waals surface area contributed by atoms with Gasteiger partial charge in [0, 0.05) is 0 Å². The molecule has 94 valence electrons. The minimum atomic E-state index is -5.01. The van der Waals surface area contributed by atoms with E-state index >= 15 is 0 Å². The van der Waals surface area contributed by atoms with Gasteiger partial charge >= 0.3 is 12.0 Å². The number of aromatic nitrogens is 1. The van der Waals surface area contributed by atoms with E-state index in [1.54, 1.807) is 0 Å². The number of rotatable bonds is 2. The third-order valence-electron chi connectivity index (χ3n) is 1.70. The molecular weight excluding hydrogens is 275 g/mol. The monoisotopic (exact) mass is 276 g/mol. The molecule has 17 heavy (non-hydrogen) atoms. The highest BCUT2D eigenvalue weighted by molar-refractivity contribution is 6.30. The van der Waals surface area contributed by atoms with Crippen molar-refractivity contribution in [1.29, 1.82) is 0 Å². The van der Waals surface area contributed by atoms with Gasteiger partial charge in [0.1, 0.15) is 11.1 Å². The van der Waals surface area contributed by atoms with Gasteiger partial charge in [0.15, 0.2) is 0 Å². The van der Waals surface area contributed by atoms with Crippen molar-refractivity contribution in [3.63, 3.8) is 0 Å². The molecule has 1 aromatic rings. The molecule has 1 rings (SSSR count). The summed E-state index contributed by atoms with van der Waals surface area (Å²) in [5.74, 6) is -1.39. The van der Waals surface area contributed by atoms with E-state index in [1.807, 2.05) is 0 Å². The van der Waals surface area contributed by atoms with Gasteiger partial charge in [-0.2, -0.15) is 13.2 Å². The van der Waals surface area contributed by atoms with Crippen molar-refractivity contribution >= 4 is 17.4 Å². The second-order valence-corrected chi connectivity index (χ2v) is 3.15. The molecule has 0 N–H and O–H groups in total. The van der Waals surface area contributed by atoms with Gasteiger partial charge in [-0.3, -0.25) is 0 Å². The first kappa shape index (κ1) is 13.6. The fourth-order valence-electron chi connectivity index (χ4n) is 1.00. The Bertz CT molecular complexity index is 462. The van der Waals surface area contributed by atoms with Gasteiger partial charge in [0.25, 0.3) is 11.6 Å². The normalized spacial score (nSPS) is 11.9. The Hall–Kier alpha value is -1.51. The predicted octanol–water partition coefficient (Wildman–Crippen LogP) is 3.60. The standard InChI is InChI=1S/C7H2ClF5N2O2/c8-4-3(7(11,12)13)1-2(5(9)10)6(14-4)15(16)17/h1,5H. The fraction of sp³-hybridized carbons (Fsp3) is 0.286. The lowest BCUT2D eigenvalue weighted by Gasteiger charge is -2.08. The lowest BCUT2D eigenvalue weighted by Crippen LogP contribution is -2.10. The van der Waals surface area contributed by atoms with Crippen molar-refractivity contribution in [3.8, 4) is 0 Å². The summed E-state index contributed by atoms with van der Waals surface area (Å²) < 4.78 is 61.5. The Balaban J connectivity index is 3.51. The molecule has 0 aromatic carbocycles. The van der Waals surface area contributed by atoms with Crippen molar-refractivity contribution in [2.45, 2.75) is 12.6 Å². The quantitative estimate of drug-likeness (QED) is 0.359. The van der Waals surface area contributed by atoms with Crippen LogP contribution in [-0.2, 0) is 6.18 Å². The molecule has 0 spiro atoms. The van der Waals surface area contributed by atoms with Crippen LogP contribution in [0.2, 0.25) is 5.15 Å². The molecule has 0 fully saturated rings. The van der Waals surface area contributed by atoms with Crippen molar-refractivity contribution in [2.24, 2.45) is 0 Å². The fourth-order valence-corrected chi connectivity index (χ4v) is 1.24. The van der Waals surface area contributed by atoms with Crippen molar-refractivity contribution in [3.05, 3.63) is 32.5 Å². The first-order valence-electron chi connectivity index (χ1n) is 3.84. The van der Waals surface area contributed by atoms with Crippen LogP contribution in [0.15, 0.2) is 6.07 Å². The minimum absolute atomic E-state index is 0.0713. The third kappa shape index (κ3) is 2.78. The number of pyridine rings is 1. The molecule has 0 aliphatic carbocycles. The highest BCUT2D eigenvalue weighted by Crippen LogP contribution is 2.38. The summed E-state index contributed by atoms with van der Waals surface area (Å²) in [5.41, 5.74) is -3.06. The summed E-state index contributed by atoms with van der Waals surface area (Å²) in [7, 11) is 0. The maximum Gasteiger partial charge on any atom is 0.421 e. The molecule has 1 heterocycles. The zero-order valence-corrected chi connectivity index (χ0v) is 8.39. The van der Waals surface area contributed by atoms with Crippen LogP contribution >= 0.6 is 11.6 Å². The molecule has 0 radical (unpaired) electrons. The summed E-state index contributed by atoms with van der Waals surface area (Å²) >= 11 is 5.05. The lowest BCUT2D eigenvalue weighted by atomic mass is 10.2. The lowest BCUT2D eigenvalue weighted by molar-refractivity contribution is -0.391. The van der Waals surface area contributed by atoms with E-state index in [1.165, 1.54) is 0 Å². The summed E-state index contributed by atoms with van der Waals surface area (Å²) in [6.07, 6.45) is -8.47. The summed E-state index contributed by atoms with van der Waals surface area (Å²) in [4.78, 5) is 11.7. The number of hydrogen-bond donors (Lipinski definition) is 0. The van der Waals surface area contributed by atoms with E-state index < -0.39 is 39.6 Å². The average molecular weight is 277 g/mol. The molecule has 0 bridgehead atoms. The molecular formula is C7H2ClF5N2O2. The van der Waals surface area contributed by atoms with Crippen LogP contribution in [0.25, 0.3) is 0 Å². The summed E-state index contributed by atoms with van der Waals surface area (Å²) in [6.45, 7) is 0. The van der Waals surface area contributed by atoms with Crippen molar-refractivity contribution in [1.82, 2.24) is 4.98 Å². The molecule has 1 aromatic heterocycles. The highest BCUT2D eigenvalue weighted by Gasteiger charge is 2.39. The third-order valence-corrected chi connectivity index (χ3v) is 1.99. The average Bonchev–Trinajstić information content (AvgIpc) is 2.14. The molecule has 0 saturated carbocycles. The Labute approximate surface area is 95.2 Å². The van der Waals surface area contributed by atoms with Crippen LogP contribution in [0.1, 0.15) is 17.6 Å². The van der Waals surface area contributed by atoms with Crippen molar-refractivity contribution < 1.29 is 26.9 Å². The Kier molecular flexibility index (Phi) is 3.51. The Morgan fingerprint density at radius 1 is 1.41 bits per heavy atom. The minimum Gasteiger partial charge on any atom is -0.358 e. The number of alkyl halides is 5. The molecule has 0 aliphatic heterocycles. The number of nitro groups is 1. The van der Waals surface area contributed by atoms with Gasteiger partial charge in [-0.25, -0.2) is 8.78 Å². The van der Waals surface area contributed by atoms with Crippen molar-refractivity contribution in [2.75, 3.05) is 0 Å². The SMILES string of the molecule is O=[N+]([O-])c1nc(Cl)c(C(F)(F)F)cc1C(F)F. The van der Waals surface area contributed by atoms with Crippen LogP contribution < -0.4 is 0 Å². The maximum absolute atomic E-state index is 12.3. The van der Waals surface area contributed by atoms with Crippen LogP contribution in [0.3, 0.4) is 0 Å². The van der Waals surface area contributed by atoms with Gasteiger partial charge in [-0.15, -0.1) is 0 Å². The zero-order valence-electron chi connectivity index (χ0n) is 7.63. The van der Waals surface area contributed by atoms with Crippen LogP contribution in [0, 0.1) is 10.1 Å². The Morgan fingerprint density at radius 2 is 1.94 bits per heavy atom. The van der Waals surface area contributed by atoms with Crippen LogP contribution in [0.4, 0.5) is 27.8 Å². The smallest absolute Gasteiger partial charge is 0.358 e. The van der Waals surface area contributed by atoms with Gasteiger partial charge in [0.2, 0.25) is 0 Å². The molecule has 0 unspecified atom stereocenters. The Morgan fingerprint density at radius 3 is 2.29 bits per heavy atom. The van der Waals surface area contributed by atoms with E-state index in [0.29, 0.717) is 0 Å². The number of hydrogen-bond acceptors (Lipinski definition) is 3. The molecule has 0 atom stereocenters. The van der Waals surface area contributed by atoms with E-state index in [0.717, 1.165) is 0 Å². The topological polar surface area (TPSA) is 56.0 Å². The van der Waals surface area contributed by atoms with E-state index in [9.17, 15) is 32.1 Å². The molecule has 4 nitrogen and oxygen atoms in total. The summed E-state index contributed by atoms with van der Waals surface area (Å²) in [6, 6.07) is -0.0713. The second-order valence-electron chi connectivity index (χ2n) is 2.80. The summed E-state index contributed by atoms with van der Waals surface area (Å²) in [5, 5.41) is 9.07. The van der Waals surface area contributed by atoms with Gasteiger partial charge in [-0.1, -0.05) is 0 Å². The largest absolute Gasteiger partial charge is 0.421 e. The first-order valence-corrected chi connectivity index (χ1v) is 4.22. The van der Waals surface area contributed by atoms with E-state index in [2.05, 4.69) is 4.98 Å². The van der Waals surface area contributed by atoms with Gasteiger partial charge in [0.05, 0.1) is 0 Å².